The molecule has 19 heavy (non-hydrogen) atoms. The standard InChI is InChI=1S/C13H19BrN2O2S/c14-12-5-3-11(4-6-12)10-13-2-1-7-16(13)8-9-19(15,17)18/h3-6,13H,1-2,7-10H2,(H2,15,17,18). The molecule has 2 N–H and O–H groups in total. The van der Waals surface area contributed by atoms with Gasteiger partial charge in [-0.1, -0.05) is 28.1 Å². The molecule has 0 aromatic heterocycles. The molecule has 0 amide bonds. The highest BCUT2D eigenvalue weighted by Crippen LogP contribution is 2.21. The summed E-state index contributed by atoms with van der Waals surface area (Å²) in [7, 11) is -3.36. The maximum Gasteiger partial charge on any atom is 0.210 e. The summed E-state index contributed by atoms with van der Waals surface area (Å²) in [6.07, 6.45) is 3.23. The average molecular weight is 347 g/mol. The monoisotopic (exact) mass is 346 g/mol. The van der Waals surface area contributed by atoms with Crippen LogP contribution in [0.3, 0.4) is 0 Å². The molecule has 1 atom stereocenters. The molecule has 0 saturated carbocycles. The van der Waals surface area contributed by atoms with Crippen LogP contribution in [0.25, 0.3) is 0 Å². The van der Waals surface area contributed by atoms with Gasteiger partial charge in [-0.2, -0.15) is 0 Å². The number of nitrogens with two attached hydrogens (primary N) is 1. The van der Waals surface area contributed by atoms with Crippen molar-refractivity contribution in [2.75, 3.05) is 18.8 Å². The zero-order valence-corrected chi connectivity index (χ0v) is 13.2. The van der Waals surface area contributed by atoms with Gasteiger partial charge in [-0.3, -0.25) is 4.90 Å². The first-order valence-corrected chi connectivity index (χ1v) is 8.94. The van der Waals surface area contributed by atoms with E-state index in [1.165, 1.54) is 5.56 Å². The fourth-order valence-electron chi connectivity index (χ4n) is 2.56. The Morgan fingerprint density at radius 1 is 1.32 bits per heavy atom. The van der Waals surface area contributed by atoms with Crippen molar-refractivity contribution < 1.29 is 8.42 Å². The summed E-state index contributed by atoms with van der Waals surface area (Å²) in [6.45, 7) is 1.51. The lowest BCUT2D eigenvalue weighted by Crippen LogP contribution is -2.36. The summed E-state index contributed by atoms with van der Waals surface area (Å²) in [6, 6.07) is 8.74. The highest BCUT2D eigenvalue weighted by atomic mass is 79.9. The fourth-order valence-corrected chi connectivity index (χ4v) is 3.31. The lowest BCUT2D eigenvalue weighted by atomic mass is 10.0. The van der Waals surface area contributed by atoms with E-state index in [1.807, 2.05) is 12.1 Å². The molecule has 1 aromatic carbocycles. The molecule has 4 nitrogen and oxygen atoms in total. The molecule has 0 spiro atoms. The van der Waals surface area contributed by atoms with Crippen molar-refractivity contribution in [3.05, 3.63) is 34.3 Å². The molecule has 1 heterocycles. The van der Waals surface area contributed by atoms with Crippen LogP contribution < -0.4 is 5.14 Å². The van der Waals surface area contributed by atoms with E-state index in [-0.39, 0.29) is 5.75 Å². The quantitative estimate of drug-likeness (QED) is 0.883. The van der Waals surface area contributed by atoms with Gasteiger partial charge >= 0.3 is 0 Å². The van der Waals surface area contributed by atoms with Crippen LogP contribution in [-0.2, 0) is 16.4 Å². The minimum absolute atomic E-state index is 0.0455. The minimum atomic E-state index is -3.36. The number of sulfonamides is 1. The van der Waals surface area contributed by atoms with E-state index in [0.717, 1.165) is 30.3 Å². The molecular weight excluding hydrogens is 328 g/mol. The number of nitrogens with zero attached hydrogens (tertiary/aromatic N) is 1. The zero-order chi connectivity index (χ0) is 13.9. The van der Waals surface area contributed by atoms with E-state index in [0.29, 0.717) is 12.6 Å². The zero-order valence-electron chi connectivity index (χ0n) is 10.8. The fraction of sp³-hybridized carbons (Fsp3) is 0.538. The molecule has 1 unspecified atom stereocenters. The average Bonchev–Trinajstić information content (AvgIpc) is 2.76. The number of primary sulfonamides is 1. The Hall–Kier alpha value is -0.430. The van der Waals surface area contributed by atoms with Crippen LogP contribution in [0.2, 0.25) is 0 Å². The van der Waals surface area contributed by atoms with E-state index < -0.39 is 10.0 Å². The molecule has 106 valence electrons. The summed E-state index contributed by atoms with van der Waals surface area (Å²) in [5.41, 5.74) is 1.29. The normalized spacial score (nSPS) is 20.8. The van der Waals surface area contributed by atoms with Crippen molar-refractivity contribution in [3.8, 4) is 0 Å². The van der Waals surface area contributed by atoms with E-state index in [1.54, 1.807) is 0 Å². The molecule has 6 heteroatoms. The minimum Gasteiger partial charge on any atom is -0.299 e. The Morgan fingerprint density at radius 2 is 2.00 bits per heavy atom. The molecule has 1 aromatic rings. The van der Waals surface area contributed by atoms with Gasteiger partial charge in [0.2, 0.25) is 10.0 Å². The first kappa shape index (κ1) is 15.0. The van der Waals surface area contributed by atoms with Gasteiger partial charge in [0.15, 0.2) is 0 Å². The second kappa shape index (κ2) is 6.35. The van der Waals surface area contributed by atoms with Crippen molar-refractivity contribution in [1.82, 2.24) is 4.90 Å². The highest BCUT2D eigenvalue weighted by Gasteiger charge is 2.25. The Morgan fingerprint density at radius 3 is 2.63 bits per heavy atom. The number of rotatable bonds is 5. The summed E-state index contributed by atoms with van der Waals surface area (Å²) in [5, 5.41) is 5.07. The number of benzene rings is 1. The van der Waals surface area contributed by atoms with Gasteiger partial charge in [0.05, 0.1) is 5.75 Å². The second-order valence-corrected chi connectivity index (χ2v) is 7.68. The van der Waals surface area contributed by atoms with Gasteiger partial charge in [-0.25, -0.2) is 13.6 Å². The lowest BCUT2D eigenvalue weighted by Gasteiger charge is -2.24. The molecule has 2 rings (SSSR count). The van der Waals surface area contributed by atoms with Crippen LogP contribution in [-0.4, -0.2) is 38.2 Å². The molecule has 1 aliphatic heterocycles. The van der Waals surface area contributed by atoms with Crippen molar-refractivity contribution in [1.29, 1.82) is 0 Å². The number of halogens is 1. The third kappa shape index (κ3) is 4.87. The van der Waals surface area contributed by atoms with Crippen LogP contribution in [0.4, 0.5) is 0 Å². The first-order valence-electron chi connectivity index (χ1n) is 6.43. The van der Waals surface area contributed by atoms with Gasteiger partial charge in [-0.15, -0.1) is 0 Å². The van der Waals surface area contributed by atoms with E-state index in [9.17, 15) is 8.42 Å². The Bertz CT molecular complexity index is 516. The van der Waals surface area contributed by atoms with Crippen molar-refractivity contribution in [2.24, 2.45) is 5.14 Å². The maximum absolute atomic E-state index is 11.0. The van der Waals surface area contributed by atoms with Gasteiger partial charge < -0.3 is 0 Å². The van der Waals surface area contributed by atoms with Gasteiger partial charge in [-0.05, 0) is 43.5 Å². The van der Waals surface area contributed by atoms with Crippen LogP contribution in [0.1, 0.15) is 18.4 Å². The molecule has 0 bridgehead atoms. The number of likely N-dealkylation sites (tertiary alicyclic amines) is 1. The Kier molecular flexibility index (Phi) is 5.00. The molecule has 1 fully saturated rings. The summed E-state index contributed by atoms with van der Waals surface area (Å²) in [4.78, 5) is 2.24. The lowest BCUT2D eigenvalue weighted by molar-refractivity contribution is 0.267. The first-order chi connectivity index (χ1) is 8.94. The molecule has 1 aliphatic rings. The van der Waals surface area contributed by atoms with Gasteiger partial charge in [0.1, 0.15) is 0 Å². The highest BCUT2D eigenvalue weighted by molar-refractivity contribution is 9.10. The third-order valence-corrected chi connectivity index (χ3v) is 4.83. The van der Waals surface area contributed by atoms with Crippen LogP contribution in [0.5, 0.6) is 0 Å². The maximum atomic E-state index is 11.0. The van der Waals surface area contributed by atoms with E-state index in [2.05, 4.69) is 33.0 Å². The molecule has 0 radical (unpaired) electrons. The predicted molar refractivity (Wildman–Crippen MR) is 80.4 cm³/mol. The van der Waals surface area contributed by atoms with Gasteiger partial charge in [0, 0.05) is 17.1 Å². The van der Waals surface area contributed by atoms with Crippen molar-refractivity contribution in [3.63, 3.8) is 0 Å². The van der Waals surface area contributed by atoms with E-state index >= 15 is 0 Å². The Balaban J connectivity index is 1.93. The Labute approximate surface area is 123 Å². The smallest absolute Gasteiger partial charge is 0.210 e. The number of hydrogen-bond acceptors (Lipinski definition) is 3. The van der Waals surface area contributed by atoms with Crippen molar-refractivity contribution in [2.45, 2.75) is 25.3 Å². The predicted octanol–water partition coefficient (Wildman–Crippen LogP) is 1.74. The van der Waals surface area contributed by atoms with Crippen LogP contribution in [0.15, 0.2) is 28.7 Å². The largest absolute Gasteiger partial charge is 0.299 e. The summed E-state index contributed by atoms with van der Waals surface area (Å²) >= 11 is 3.43. The van der Waals surface area contributed by atoms with Gasteiger partial charge in [0.25, 0.3) is 0 Å². The molecule has 1 saturated heterocycles. The van der Waals surface area contributed by atoms with Crippen molar-refractivity contribution >= 4 is 26.0 Å². The van der Waals surface area contributed by atoms with Crippen LogP contribution in [0, 0.1) is 0 Å². The number of hydrogen-bond donors (Lipinski definition) is 1. The molecular formula is C13H19BrN2O2S. The third-order valence-electron chi connectivity index (χ3n) is 3.55. The van der Waals surface area contributed by atoms with E-state index in [4.69, 9.17) is 5.14 Å². The SMILES string of the molecule is NS(=O)(=O)CCN1CCCC1Cc1ccc(Br)cc1. The van der Waals surface area contributed by atoms with Crippen LogP contribution >= 0.6 is 15.9 Å². The topological polar surface area (TPSA) is 63.4 Å². The molecule has 0 aliphatic carbocycles. The summed E-state index contributed by atoms with van der Waals surface area (Å²) in [5.74, 6) is 0.0455. The summed E-state index contributed by atoms with van der Waals surface area (Å²) < 4.78 is 23.2. The second-order valence-electron chi connectivity index (χ2n) is 5.03.